The number of hydrogen-bond acceptors (Lipinski definition) is 13. The van der Waals surface area contributed by atoms with Gasteiger partial charge in [-0.3, -0.25) is 19.2 Å². The molecule has 0 spiro atoms. The van der Waals surface area contributed by atoms with Gasteiger partial charge in [0.1, 0.15) is 19.5 Å². The lowest BCUT2D eigenvalue weighted by molar-refractivity contribution is -0.309. The van der Waals surface area contributed by atoms with Crippen LogP contribution in [0.4, 0.5) is 0 Å². The summed E-state index contributed by atoms with van der Waals surface area (Å²) >= 11 is 0. The summed E-state index contributed by atoms with van der Waals surface area (Å²) in [6, 6.07) is -0.930. The molecule has 49 heavy (non-hydrogen) atoms. The van der Waals surface area contributed by atoms with Crippen LogP contribution in [-0.2, 0) is 57.1 Å². The lowest BCUT2D eigenvalue weighted by atomic mass is 9.98. The van der Waals surface area contributed by atoms with Crippen molar-refractivity contribution in [2.45, 2.75) is 155 Å². The maximum absolute atomic E-state index is 12.1. The standard InChI is InChI=1S/C34H57N3O12/c1-7-8-9-10-11-12-13-14-15-16-17-18-19-20-29(45-23-42-6)28(36-37-35)21-44-34-33(48-27(5)41)32(47-26(4)40)31(46-25(3)39)30(49-34)22-43-24(2)38/h19-20,28-34H,7-18,21-23H2,1-6H3/b20-19+/t28-,29+,30-,31-,32+,33-,34-/m1/s1. The van der Waals surface area contributed by atoms with Gasteiger partial charge in [0.25, 0.3) is 0 Å². The predicted molar refractivity (Wildman–Crippen MR) is 178 cm³/mol. The van der Waals surface area contributed by atoms with Crippen LogP contribution in [0.25, 0.3) is 10.4 Å². The number of methoxy groups -OCH3 is 1. The van der Waals surface area contributed by atoms with Crippen LogP contribution in [0.1, 0.15) is 112 Å². The quantitative estimate of drug-likeness (QED) is 0.0149. The van der Waals surface area contributed by atoms with Gasteiger partial charge >= 0.3 is 23.9 Å². The van der Waals surface area contributed by atoms with Crippen LogP contribution in [0, 0.1) is 0 Å². The van der Waals surface area contributed by atoms with E-state index >= 15 is 0 Å². The van der Waals surface area contributed by atoms with Gasteiger partial charge in [0.05, 0.1) is 18.8 Å². The first kappa shape index (κ1) is 43.8. The minimum Gasteiger partial charge on any atom is -0.463 e. The summed E-state index contributed by atoms with van der Waals surface area (Å²) in [6.45, 7) is 6.00. The van der Waals surface area contributed by atoms with E-state index in [9.17, 15) is 24.7 Å². The fourth-order valence-electron chi connectivity index (χ4n) is 5.37. The van der Waals surface area contributed by atoms with Crippen molar-refractivity contribution in [3.05, 3.63) is 22.6 Å². The molecule has 0 aromatic heterocycles. The van der Waals surface area contributed by atoms with E-state index in [1.807, 2.05) is 6.08 Å². The third kappa shape index (κ3) is 19.5. The van der Waals surface area contributed by atoms with Gasteiger partial charge in [-0.25, -0.2) is 0 Å². The summed E-state index contributed by atoms with van der Waals surface area (Å²) in [5.41, 5.74) is 9.36. The number of ether oxygens (including phenoxy) is 8. The monoisotopic (exact) mass is 699 g/mol. The number of hydrogen-bond donors (Lipinski definition) is 0. The van der Waals surface area contributed by atoms with E-state index in [1.165, 1.54) is 71.8 Å². The molecule has 1 heterocycles. The molecule has 0 aromatic carbocycles. The van der Waals surface area contributed by atoms with Crippen molar-refractivity contribution in [2.75, 3.05) is 27.1 Å². The summed E-state index contributed by atoms with van der Waals surface area (Å²) in [6.07, 6.45) is 10.7. The second-order valence-electron chi connectivity index (χ2n) is 12.0. The Morgan fingerprint density at radius 2 is 1.35 bits per heavy atom. The van der Waals surface area contributed by atoms with Crippen LogP contribution in [0.3, 0.4) is 0 Å². The molecular formula is C34H57N3O12. The normalized spacial score (nSPS) is 21.7. The number of carbonyl (C=O) groups is 4. The van der Waals surface area contributed by atoms with Crippen LogP contribution in [0.2, 0.25) is 0 Å². The van der Waals surface area contributed by atoms with Crippen molar-refractivity contribution in [1.29, 1.82) is 0 Å². The summed E-state index contributed by atoms with van der Waals surface area (Å²) in [7, 11) is 1.46. The highest BCUT2D eigenvalue weighted by Gasteiger charge is 2.53. The highest BCUT2D eigenvalue weighted by molar-refractivity contribution is 5.68. The summed E-state index contributed by atoms with van der Waals surface area (Å²) in [5, 5.41) is 3.86. The van der Waals surface area contributed by atoms with Gasteiger partial charge in [0, 0.05) is 39.7 Å². The number of carbonyl (C=O) groups excluding carboxylic acids is 4. The number of nitrogens with zero attached hydrogens (tertiary/aromatic N) is 3. The van der Waals surface area contributed by atoms with Crippen molar-refractivity contribution < 1.29 is 57.1 Å². The summed E-state index contributed by atoms with van der Waals surface area (Å²) in [4.78, 5) is 50.8. The second-order valence-corrected chi connectivity index (χ2v) is 12.0. The molecule has 15 nitrogen and oxygen atoms in total. The zero-order valence-corrected chi connectivity index (χ0v) is 30.0. The topological polar surface area (TPSA) is 191 Å². The smallest absolute Gasteiger partial charge is 0.303 e. The summed E-state index contributed by atoms with van der Waals surface area (Å²) < 4.78 is 44.2. The first-order chi connectivity index (χ1) is 23.5. The van der Waals surface area contributed by atoms with Gasteiger partial charge in [0.15, 0.2) is 24.6 Å². The summed E-state index contributed by atoms with van der Waals surface area (Å²) in [5.74, 6) is -2.93. The van der Waals surface area contributed by atoms with Crippen LogP contribution in [0.5, 0.6) is 0 Å². The maximum Gasteiger partial charge on any atom is 0.303 e. The molecule has 1 rings (SSSR count). The van der Waals surface area contributed by atoms with Crippen molar-refractivity contribution in [3.8, 4) is 0 Å². The molecule has 0 aromatic rings. The predicted octanol–water partition coefficient (Wildman–Crippen LogP) is 6.01. The van der Waals surface area contributed by atoms with Crippen LogP contribution < -0.4 is 0 Å². The molecule has 0 radical (unpaired) electrons. The molecule has 0 N–H and O–H groups in total. The van der Waals surface area contributed by atoms with E-state index in [0.717, 1.165) is 40.0 Å². The Bertz CT molecular complexity index is 1050. The highest BCUT2D eigenvalue weighted by atomic mass is 16.7. The lowest BCUT2D eigenvalue weighted by Crippen LogP contribution is -2.63. The first-order valence-electron chi connectivity index (χ1n) is 17.3. The van der Waals surface area contributed by atoms with Gasteiger partial charge in [-0.05, 0) is 18.4 Å². The minimum absolute atomic E-state index is 0.0933. The molecule has 280 valence electrons. The van der Waals surface area contributed by atoms with Crippen LogP contribution >= 0.6 is 0 Å². The average molecular weight is 700 g/mol. The molecule has 1 aliphatic rings. The van der Waals surface area contributed by atoms with E-state index < -0.39 is 73.3 Å². The van der Waals surface area contributed by atoms with Crippen molar-refractivity contribution in [3.63, 3.8) is 0 Å². The SMILES string of the molecule is CCCCCCCCCCCCC/C=C/[C@H](OCOC)[C@@H](CO[C@@H]1O[C@H](COC(C)=O)[C@@H](OC(C)=O)[C@H](OC(C)=O)[C@H]1OC(C)=O)N=[N+]=[N-]. The highest BCUT2D eigenvalue weighted by Crippen LogP contribution is 2.30. The van der Waals surface area contributed by atoms with Gasteiger partial charge in [-0.15, -0.1) is 0 Å². The van der Waals surface area contributed by atoms with E-state index in [2.05, 4.69) is 16.9 Å². The average Bonchev–Trinajstić information content (AvgIpc) is 3.03. The Hall–Kier alpha value is -3.23. The number of unbranched alkanes of at least 4 members (excludes halogenated alkanes) is 11. The van der Waals surface area contributed by atoms with Crippen molar-refractivity contribution in [2.24, 2.45) is 5.11 Å². The zero-order chi connectivity index (χ0) is 36.4. The fraction of sp³-hybridized carbons (Fsp3) is 0.824. The lowest BCUT2D eigenvalue weighted by Gasteiger charge is -2.44. The Labute approximate surface area is 290 Å². The Kier molecular flexibility index (Phi) is 23.8. The van der Waals surface area contributed by atoms with Gasteiger partial charge in [-0.2, -0.15) is 0 Å². The molecule has 0 saturated carbocycles. The van der Waals surface area contributed by atoms with Crippen molar-refractivity contribution in [1.82, 2.24) is 0 Å². The second kappa shape index (κ2) is 26.6. The molecular weight excluding hydrogens is 642 g/mol. The number of rotatable bonds is 26. The third-order valence-electron chi connectivity index (χ3n) is 7.64. The molecule has 1 fully saturated rings. The molecule has 1 saturated heterocycles. The zero-order valence-electron chi connectivity index (χ0n) is 30.0. The van der Waals surface area contributed by atoms with Crippen LogP contribution in [-0.4, -0.2) is 93.8 Å². The fourth-order valence-corrected chi connectivity index (χ4v) is 5.37. The van der Waals surface area contributed by atoms with E-state index in [1.54, 1.807) is 6.08 Å². The molecule has 15 heteroatoms. The first-order valence-corrected chi connectivity index (χ1v) is 17.3. The number of allylic oxidation sites excluding steroid dienone is 1. The Morgan fingerprint density at radius 1 is 0.796 bits per heavy atom. The molecule has 0 bridgehead atoms. The molecule has 0 unspecified atom stereocenters. The van der Waals surface area contributed by atoms with E-state index in [-0.39, 0.29) is 13.4 Å². The van der Waals surface area contributed by atoms with E-state index in [4.69, 9.17) is 37.9 Å². The van der Waals surface area contributed by atoms with E-state index in [0.29, 0.717) is 0 Å². The van der Waals surface area contributed by atoms with Crippen molar-refractivity contribution >= 4 is 23.9 Å². The van der Waals surface area contributed by atoms with Gasteiger partial charge in [-0.1, -0.05) is 88.4 Å². The third-order valence-corrected chi connectivity index (χ3v) is 7.64. The number of esters is 4. The van der Waals surface area contributed by atoms with Crippen LogP contribution in [0.15, 0.2) is 17.3 Å². The molecule has 0 amide bonds. The minimum atomic E-state index is -1.43. The number of azide groups is 1. The molecule has 0 aliphatic carbocycles. The van der Waals surface area contributed by atoms with Gasteiger partial charge in [0.2, 0.25) is 0 Å². The Balaban J connectivity index is 3.00. The molecule has 7 atom stereocenters. The Morgan fingerprint density at radius 3 is 1.88 bits per heavy atom. The van der Waals surface area contributed by atoms with Gasteiger partial charge < -0.3 is 37.9 Å². The maximum atomic E-state index is 12.1. The largest absolute Gasteiger partial charge is 0.463 e. The molecule has 1 aliphatic heterocycles.